The summed E-state index contributed by atoms with van der Waals surface area (Å²) >= 11 is 5.91. The number of nitrogens with two attached hydrogens (primary N) is 1. The average molecular weight is 558 g/mol. The van der Waals surface area contributed by atoms with E-state index in [-0.39, 0.29) is 40.7 Å². The Bertz CT molecular complexity index is 1210. The van der Waals surface area contributed by atoms with Crippen molar-refractivity contribution in [2.45, 2.75) is 37.5 Å². The van der Waals surface area contributed by atoms with Crippen LogP contribution in [0.4, 0.5) is 34.9 Å². The Morgan fingerprint density at radius 1 is 1.18 bits per heavy atom. The smallest absolute Gasteiger partial charge is 0.381 e. The highest BCUT2D eigenvalue weighted by Crippen LogP contribution is 2.35. The average Bonchev–Trinajstić information content (AvgIpc) is 2.85. The molecule has 0 spiro atoms. The SMILES string of the molecule is CN(C)C(=O)[C@@H]1CCN(c2ncnc(N)c2F)C[C@@H]1N1CCCC(Nc2cc(Cl)cc(C(F)(F)F)c2)C1=O. The first-order chi connectivity index (χ1) is 17.9. The van der Waals surface area contributed by atoms with Crippen molar-refractivity contribution in [2.75, 3.05) is 49.7 Å². The lowest BCUT2D eigenvalue weighted by atomic mass is 9.87. The number of nitrogens with one attached hydrogen (secondary N) is 1. The quantitative estimate of drug-likeness (QED) is 0.543. The minimum absolute atomic E-state index is 0.0176. The van der Waals surface area contributed by atoms with Gasteiger partial charge in [-0.2, -0.15) is 17.6 Å². The van der Waals surface area contributed by atoms with Gasteiger partial charge in [-0.1, -0.05) is 11.6 Å². The molecule has 1 aromatic carbocycles. The molecule has 206 valence electrons. The van der Waals surface area contributed by atoms with E-state index >= 15 is 0 Å². The summed E-state index contributed by atoms with van der Waals surface area (Å²) in [4.78, 5) is 39.0. The number of nitrogens with zero attached hydrogens (tertiary/aromatic N) is 5. The molecule has 3 N–H and O–H groups in total. The van der Waals surface area contributed by atoms with Crippen LogP contribution in [0.1, 0.15) is 24.8 Å². The Morgan fingerprint density at radius 2 is 1.92 bits per heavy atom. The molecule has 1 aromatic heterocycles. The minimum Gasteiger partial charge on any atom is -0.381 e. The zero-order valence-electron chi connectivity index (χ0n) is 20.8. The molecule has 2 amide bonds. The lowest BCUT2D eigenvalue weighted by Crippen LogP contribution is -2.62. The highest BCUT2D eigenvalue weighted by atomic mass is 35.5. The number of anilines is 3. The van der Waals surface area contributed by atoms with Crippen LogP contribution in [-0.2, 0) is 15.8 Å². The second kappa shape index (κ2) is 10.8. The number of piperidine rings is 2. The maximum absolute atomic E-state index is 14.7. The van der Waals surface area contributed by atoms with Gasteiger partial charge >= 0.3 is 6.18 Å². The van der Waals surface area contributed by atoms with E-state index in [1.54, 1.807) is 23.9 Å². The number of benzene rings is 1. The fourth-order valence-corrected chi connectivity index (χ4v) is 5.29. The molecule has 2 fully saturated rings. The number of alkyl halides is 3. The van der Waals surface area contributed by atoms with Gasteiger partial charge < -0.3 is 25.8 Å². The summed E-state index contributed by atoms with van der Waals surface area (Å²) in [6.07, 6.45) is -2.20. The van der Waals surface area contributed by atoms with Crippen molar-refractivity contribution in [3.05, 3.63) is 40.9 Å². The van der Waals surface area contributed by atoms with Crippen LogP contribution in [0.15, 0.2) is 24.5 Å². The van der Waals surface area contributed by atoms with Crippen LogP contribution in [0, 0.1) is 11.7 Å². The van der Waals surface area contributed by atoms with E-state index in [0.29, 0.717) is 32.4 Å². The van der Waals surface area contributed by atoms with Crippen molar-refractivity contribution >= 4 is 40.7 Å². The van der Waals surface area contributed by atoms with Crippen molar-refractivity contribution in [1.82, 2.24) is 19.8 Å². The number of rotatable bonds is 5. The van der Waals surface area contributed by atoms with Crippen LogP contribution < -0.4 is 16.0 Å². The minimum atomic E-state index is -4.60. The fraction of sp³-hybridized carbons (Fsp3) is 0.500. The van der Waals surface area contributed by atoms with Crippen molar-refractivity contribution in [2.24, 2.45) is 5.92 Å². The highest BCUT2D eigenvalue weighted by molar-refractivity contribution is 6.31. The van der Waals surface area contributed by atoms with Crippen molar-refractivity contribution in [1.29, 1.82) is 0 Å². The van der Waals surface area contributed by atoms with Gasteiger partial charge in [-0.3, -0.25) is 9.59 Å². The van der Waals surface area contributed by atoms with Gasteiger partial charge in [0.1, 0.15) is 12.4 Å². The van der Waals surface area contributed by atoms with Crippen molar-refractivity contribution in [3.8, 4) is 0 Å². The summed E-state index contributed by atoms with van der Waals surface area (Å²) in [5, 5.41) is 2.78. The van der Waals surface area contributed by atoms with Gasteiger partial charge in [-0.15, -0.1) is 0 Å². The van der Waals surface area contributed by atoms with E-state index in [9.17, 15) is 27.2 Å². The van der Waals surface area contributed by atoms with Crippen molar-refractivity contribution in [3.63, 3.8) is 0 Å². The van der Waals surface area contributed by atoms with Crippen LogP contribution in [-0.4, -0.2) is 77.4 Å². The first-order valence-electron chi connectivity index (χ1n) is 12.0. The lowest BCUT2D eigenvalue weighted by molar-refractivity contribution is -0.143. The summed E-state index contributed by atoms with van der Waals surface area (Å²) in [7, 11) is 3.24. The number of aromatic nitrogens is 2. The summed E-state index contributed by atoms with van der Waals surface area (Å²) in [5.41, 5.74) is 4.75. The zero-order valence-corrected chi connectivity index (χ0v) is 21.6. The van der Waals surface area contributed by atoms with E-state index < -0.39 is 35.6 Å². The molecule has 2 saturated heterocycles. The largest absolute Gasteiger partial charge is 0.416 e. The normalized spacial score (nSPS) is 22.4. The second-order valence-corrected chi connectivity index (χ2v) is 10.1. The number of nitrogen functional groups attached to an aromatic ring is 1. The van der Waals surface area contributed by atoms with E-state index in [1.807, 2.05) is 0 Å². The second-order valence-electron chi connectivity index (χ2n) is 9.63. The first kappa shape index (κ1) is 27.7. The number of amides is 2. The fourth-order valence-electron chi connectivity index (χ4n) is 5.05. The van der Waals surface area contributed by atoms with Gasteiger partial charge in [0.2, 0.25) is 17.6 Å². The van der Waals surface area contributed by atoms with E-state index in [2.05, 4.69) is 15.3 Å². The Balaban J connectivity index is 1.61. The maximum Gasteiger partial charge on any atom is 0.416 e. The molecule has 3 atom stereocenters. The summed E-state index contributed by atoms with van der Waals surface area (Å²) in [6, 6.07) is 1.58. The number of halogens is 5. The molecule has 38 heavy (non-hydrogen) atoms. The third-order valence-electron chi connectivity index (χ3n) is 6.88. The number of likely N-dealkylation sites (tertiary alicyclic amines) is 1. The maximum atomic E-state index is 14.7. The molecule has 0 bridgehead atoms. The molecule has 0 aliphatic carbocycles. The van der Waals surface area contributed by atoms with Gasteiger partial charge in [0.25, 0.3) is 0 Å². The van der Waals surface area contributed by atoms with E-state index in [1.165, 1.54) is 11.0 Å². The Morgan fingerprint density at radius 3 is 2.61 bits per heavy atom. The Hall–Kier alpha value is -3.35. The molecule has 2 aliphatic rings. The lowest BCUT2D eigenvalue weighted by Gasteiger charge is -2.47. The number of hydrogen-bond acceptors (Lipinski definition) is 7. The summed E-state index contributed by atoms with van der Waals surface area (Å²) in [5.74, 6) is -2.21. The third-order valence-corrected chi connectivity index (χ3v) is 7.10. The van der Waals surface area contributed by atoms with Gasteiger partial charge in [0.05, 0.1) is 17.5 Å². The number of carbonyl (C=O) groups is 2. The molecular formula is C24H28ClF4N7O2. The molecule has 0 saturated carbocycles. The summed E-state index contributed by atoms with van der Waals surface area (Å²) < 4.78 is 54.5. The van der Waals surface area contributed by atoms with E-state index in [4.69, 9.17) is 17.3 Å². The van der Waals surface area contributed by atoms with Crippen molar-refractivity contribution < 1.29 is 27.2 Å². The molecule has 3 heterocycles. The molecule has 9 nitrogen and oxygen atoms in total. The monoisotopic (exact) mass is 557 g/mol. The Kier molecular flexibility index (Phi) is 7.86. The van der Waals surface area contributed by atoms with Gasteiger partial charge in [0.15, 0.2) is 11.6 Å². The number of hydrogen-bond donors (Lipinski definition) is 2. The van der Waals surface area contributed by atoms with Crippen LogP contribution >= 0.6 is 11.6 Å². The topological polar surface area (TPSA) is 108 Å². The zero-order chi connectivity index (χ0) is 27.8. The van der Waals surface area contributed by atoms with E-state index in [0.717, 1.165) is 18.5 Å². The first-order valence-corrected chi connectivity index (χ1v) is 12.4. The molecule has 2 aliphatic heterocycles. The van der Waals surface area contributed by atoms with Crippen LogP contribution in [0.3, 0.4) is 0 Å². The van der Waals surface area contributed by atoms with Crippen LogP contribution in [0.5, 0.6) is 0 Å². The van der Waals surface area contributed by atoms with Gasteiger partial charge in [-0.25, -0.2) is 9.97 Å². The highest BCUT2D eigenvalue weighted by Gasteiger charge is 2.44. The molecule has 2 aromatic rings. The van der Waals surface area contributed by atoms with Gasteiger partial charge in [0, 0.05) is 44.4 Å². The standard InChI is InChI=1S/C24H28ClF4N7O2/c1-34(2)22(37)16-5-7-35(21-19(26)20(30)31-12-32-21)11-18(16)36-6-3-4-17(23(36)38)33-15-9-13(24(27,28)29)8-14(25)10-15/h8-10,12,16-18,33H,3-7,11H2,1-2H3,(H2,30,31,32)/t16-,17?,18+/m1/s1. The van der Waals surface area contributed by atoms with Crippen LogP contribution in [0.2, 0.25) is 5.02 Å². The number of carbonyl (C=O) groups excluding carboxylic acids is 2. The molecular weight excluding hydrogens is 530 g/mol. The predicted octanol–water partition coefficient (Wildman–Crippen LogP) is 3.26. The molecule has 4 rings (SSSR count). The molecule has 0 radical (unpaired) electrons. The van der Waals surface area contributed by atoms with Gasteiger partial charge in [-0.05, 0) is 37.5 Å². The predicted molar refractivity (Wildman–Crippen MR) is 134 cm³/mol. The molecule has 14 heteroatoms. The molecule has 1 unspecified atom stereocenters. The van der Waals surface area contributed by atoms with Crippen LogP contribution in [0.25, 0.3) is 0 Å². The third kappa shape index (κ3) is 5.71. The Labute approximate surface area is 221 Å². The summed E-state index contributed by atoms with van der Waals surface area (Å²) in [6.45, 7) is 0.760.